The molecule has 3 aromatic carbocycles. The second-order valence-electron chi connectivity index (χ2n) is 5.38. The standard InChI is InChI=1S/C18H15NO4/c1-10(20)19-14-8-13-11(4-3-5-15(13)21-2)17-12(14)6-7-16-18(17)23-9-22-16/h3-8H,9H2,1-2H3,(H,19,20). The van der Waals surface area contributed by atoms with Crippen LogP contribution >= 0.6 is 0 Å². The Labute approximate surface area is 132 Å². The number of rotatable bonds is 2. The highest BCUT2D eigenvalue weighted by molar-refractivity contribution is 6.19. The molecule has 0 fully saturated rings. The number of carbonyl (C=O) groups excluding carboxylic acids is 1. The van der Waals surface area contributed by atoms with Crippen molar-refractivity contribution in [3.05, 3.63) is 36.4 Å². The monoisotopic (exact) mass is 309 g/mol. The molecule has 0 spiro atoms. The summed E-state index contributed by atoms with van der Waals surface area (Å²) >= 11 is 0. The average molecular weight is 309 g/mol. The van der Waals surface area contributed by atoms with Gasteiger partial charge in [0.2, 0.25) is 12.7 Å². The van der Waals surface area contributed by atoms with Crippen molar-refractivity contribution < 1.29 is 19.0 Å². The van der Waals surface area contributed by atoms with Crippen LogP contribution in [-0.2, 0) is 4.79 Å². The molecule has 116 valence electrons. The normalized spacial score (nSPS) is 12.6. The Morgan fingerprint density at radius 3 is 2.78 bits per heavy atom. The molecule has 0 aromatic heterocycles. The lowest BCUT2D eigenvalue weighted by molar-refractivity contribution is -0.114. The molecule has 23 heavy (non-hydrogen) atoms. The predicted octanol–water partition coefficient (Wildman–Crippen LogP) is 3.69. The number of carbonyl (C=O) groups is 1. The van der Waals surface area contributed by atoms with Crippen LogP contribution < -0.4 is 19.5 Å². The molecule has 0 atom stereocenters. The van der Waals surface area contributed by atoms with Crippen molar-refractivity contribution in [1.29, 1.82) is 0 Å². The van der Waals surface area contributed by atoms with Crippen molar-refractivity contribution in [1.82, 2.24) is 0 Å². The van der Waals surface area contributed by atoms with Crippen molar-refractivity contribution in [2.45, 2.75) is 6.92 Å². The summed E-state index contributed by atoms with van der Waals surface area (Å²) in [6, 6.07) is 11.6. The average Bonchev–Trinajstić information content (AvgIpc) is 3.02. The number of hydrogen-bond donors (Lipinski definition) is 1. The van der Waals surface area contributed by atoms with E-state index in [1.165, 1.54) is 6.92 Å². The number of benzene rings is 3. The van der Waals surface area contributed by atoms with E-state index in [0.717, 1.165) is 33.0 Å². The first kappa shape index (κ1) is 13.7. The Hall–Kier alpha value is -2.95. The van der Waals surface area contributed by atoms with Gasteiger partial charge in [0.25, 0.3) is 0 Å². The van der Waals surface area contributed by atoms with Crippen LogP contribution in [0.1, 0.15) is 6.92 Å². The molecular weight excluding hydrogens is 294 g/mol. The van der Waals surface area contributed by atoms with E-state index in [0.29, 0.717) is 11.5 Å². The summed E-state index contributed by atoms with van der Waals surface area (Å²) in [4.78, 5) is 11.6. The van der Waals surface area contributed by atoms with E-state index in [1.807, 2.05) is 36.4 Å². The molecule has 1 N–H and O–H groups in total. The second-order valence-corrected chi connectivity index (χ2v) is 5.38. The summed E-state index contributed by atoms with van der Waals surface area (Å²) in [5.41, 5.74) is 0.725. The number of methoxy groups -OCH3 is 1. The maximum absolute atomic E-state index is 11.6. The number of fused-ring (bicyclic) bond motifs is 5. The van der Waals surface area contributed by atoms with Crippen LogP contribution in [0.3, 0.4) is 0 Å². The lowest BCUT2D eigenvalue weighted by atomic mass is 9.98. The van der Waals surface area contributed by atoms with Gasteiger partial charge in [0.1, 0.15) is 5.75 Å². The van der Waals surface area contributed by atoms with Gasteiger partial charge in [-0.25, -0.2) is 0 Å². The van der Waals surface area contributed by atoms with Gasteiger partial charge in [-0.3, -0.25) is 4.79 Å². The summed E-state index contributed by atoms with van der Waals surface area (Å²) in [5.74, 6) is 2.03. The molecule has 0 unspecified atom stereocenters. The molecule has 0 radical (unpaired) electrons. The Balaban J connectivity index is 2.18. The molecule has 5 heteroatoms. The van der Waals surface area contributed by atoms with Gasteiger partial charge in [0.05, 0.1) is 7.11 Å². The number of ether oxygens (including phenoxy) is 3. The van der Waals surface area contributed by atoms with Crippen LogP contribution in [0.2, 0.25) is 0 Å². The zero-order valence-corrected chi connectivity index (χ0v) is 12.8. The molecule has 0 saturated heterocycles. The van der Waals surface area contributed by atoms with Gasteiger partial charge < -0.3 is 19.5 Å². The van der Waals surface area contributed by atoms with Crippen LogP contribution in [0.4, 0.5) is 5.69 Å². The molecule has 1 aliphatic heterocycles. The van der Waals surface area contributed by atoms with Gasteiger partial charge >= 0.3 is 0 Å². The molecule has 5 nitrogen and oxygen atoms in total. The summed E-state index contributed by atoms with van der Waals surface area (Å²) in [6.45, 7) is 1.69. The topological polar surface area (TPSA) is 56.8 Å². The highest BCUT2D eigenvalue weighted by Gasteiger charge is 2.21. The Morgan fingerprint density at radius 1 is 1.13 bits per heavy atom. The minimum absolute atomic E-state index is 0.127. The molecule has 0 saturated carbocycles. The van der Waals surface area contributed by atoms with E-state index in [1.54, 1.807) is 7.11 Å². The van der Waals surface area contributed by atoms with Gasteiger partial charge in [0, 0.05) is 28.8 Å². The van der Waals surface area contributed by atoms with Crippen LogP contribution in [0.5, 0.6) is 17.2 Å². The zero-order chi connectivity index (χ0) is 16.0. The predicted molar refractivity (Wildman–Crippen MR) is 88.4 cm³/mol. The fourth-order valence-electron chi connectivity index (χ4n) is 3.07. The third-order valence-corrected chi connectivity index (χ3v) is 3.98. The first-order chi connectivity index (χ1) is 11.2. The van der Waals surface area contributed by atoms with Crippen molar-refractivity contribution in [3.8, 4) is 17.2 Å². The SMILES string of the molecule is COc1cccc2c1cc(NC(C)=O)c1ccc3c(c12)OCO3. The summed E-state index contributed by atoms with van der Waals surface area (Å²) in [6.07, 6.45) is 0. The van der Waals surface area contributed by atoms with Crippen LogP contribution in [0.15, 0.2) is 36.4 Å². The third-order valence-electron chi connectivity index (χ3n) is 3.98. The summed E-state index contributed by atoms with van der Waals surface area (Å²) in [7, 11) is 1.63. The Kier molecular flexibility index (Phi) is 3.01. The lowest BCUT2D eigenvalue weighted by Gasteiger charge is -2.14. The van der Waals surface area contributed by atoms with Gasteiger partial charge in [-0.1, -0.05) is 12.1 Å². The number of amides is 1. The van der Waals surface area contributed by atoms with E-state index < -0.39 is 0 Å². The van der Waals surface area contributed by atoms with Crippen LogP contribution in [-0.4, -0.2) is 19.8 Å². The first-order valence-corrected chi connectivity index (χ1v) is 7.28. The van der Waals surface area contributed by atoms with E-state index in [2.05, 4.69) is 5.32 Å². The lowest BCUT2D eigenvalue weighted by Crippen LogP contribution is -2.06. The summed E-state index contributed by atoms with van der Waals surface area (Å²) < 4.78 is 16.6. The smallest absolute Gasteiger partial charge is 0.231 e. The number of nitrogens with one attached hydrogen (secondary N) is 1. The molecule has 4 rings (SSSR count). The molecule has 1 aliphatic rings. The molecule has 1 amide bonds. The quantitative estimate of drug-likeness (QED) is 0.734. The summed E-state index contributed by atoms with van der Waals surface area (Å²) in [5, 5.41) is 6.62. The van der Waals surface area contributed by atoms with E-state index >= 15 is 0 Å². The van der Waals surface area contributed by atoms with Gasteiger partial charge in [0.15, 0.2) is 11.5 Å². The largest absolute Gasteiger partial charge is 0.496 e. The molecule has 0 bridgehead atoms. The fourth-order valence-corrected chi connectivity index (χ4v) is 3.07. The molecule has 0 aliphatic carbocycles. The van der Waals surface area contributed by atoms with Crippen LogP contribution in [0, 0.1) is 0 Å². The third kappa shape index (κ3) is 2.04. The molecule has 1 heterocycles. The van der Waals surface area contributed by atoms with E-state index in [-0.39, 0.29) is 12.7 Å². The van der Waals surface area contributed by atoms with Crippen LogP contribution in [0.25, 0.3) is 21.5 Å². The van der Waals surface area contributed by atoms with E-state index in [9.17, 15) is 4.79 Å². The number of anilines is 1. The van der Waals surface area contributed by atoms with Crippen molar-refractivity contribution in [2.75, 3.05) is 19.2 Å². The van der Waals surface area contributed by atoms with Crippen molar-refractivity contribution in [3.63, 3.8) is 0 Å². The number of hydrogen-bond acceptors (Lipinski definition) is 4. The van der Waals surface area contributed by atoms with Gasteiger partial charge in [-0.2, -0.15) is 0 Å². The van der Waals surface area contributed by atoms with E-state index in [4.69, 9.17) is 14.2 Å². The van der Waals surface area contributed by atoms with Gasteiger partial charge in [-0.15, -0.1) is 0 Å². The minimum Gasteiger partial charge on any atom is -0.496 e. The highest BCUT2D eigenvalue weighted by atomic mass is 16.7. The minimum atomic E-state index is -0.127. The molecular formula is C18H15NO4. The Bertz CT molecular complexity index is 949. The Morgan fingerprint density at radius 2 is 2.00 bits per heavy atom. The fraction of sp³-hybridized carbons (Fsp3) is 0.167. The maximum atomic E-state index is 11.6. The highest BCUT2D eigenvalue weighted by Crippen LogP contribution is 2.46. The maximum Gasteiger partial charge on any atom is 0.231 e. The first-order valence-electron chi connectivity index (χ1n) is 7.28. The van der Waals surface area contributed by atoms with Gasteiger partial charge in [-0.05, 0) is 29.7 Å². The van der Waals surface area contributed by atoms with Crippen molar-refractivity contribution in [2.24, 2.45) is 0 Å². The molecule has 3 aromatic rings. The zero-order valence-electron chi connectivity index (χ0n) is 12.8. The van der Waals surface area contributed by atoms with Crippen molar-refractivity contribution >= 4 is 33.1 Å². The second kappa shape index (κ2) is 5.05.